The highest BCUT2D eigenvalue weighted by Crippen LogP contribution is 2.19. The Bertz CT molecular complexity index is 511. The van der Waals surface area contributed by atoms with Crippen molar-refractivity contribution >= 4 is 22.9 Å². The van der Waals surface area contributed by atoms with Crippen LogP contribution in [0.15, 0.2) is 6.33 Å². The molecule has 2 aromatic heterocycles. The van der Waals surface area contributed by atoms with E-state index in [9.17, 15) is 0 Å². The Balaban J connectivity index is 2.31. The molecule has 1 unspecified atom stereocenters. The van der Waals surface area contributed by atoms with Crippen molar-refractivity contribution in [1.29, 1.82) is 0 Å². The van der Waals surface area contributed by atoms with Gasteiger partial charge in [0.2, 0.25) is 5.95 Å². The third-order valence-electron chi connectivity index (χ3n) is 2.42. The van der Waals surface area contributed by atoms with Crippen molar-refractivity contribution in [2.24, 2.45) is 0 Å². The molecule has 0 fully saturated rings. The maximum absolute atomic E-state index is 5.10. The predicted octanol–water partition coefficient (Wildman–Crippen LogP) is 1.23. The fraction of sp³-hybridized carbons (Fsp3) is 0.545. The van der Waals surface area contributed by atoms with Crippen LogP contribution in [0.1, 0.15) is 13.8 Å². The van der Waals surface area contributed by atoms with Crippen molar-refractivity contribution in [2.75, 3.05) is 30.9 Å². The molecule has 0 saturated heterocycles. The summed E-state index contributed by atoms with van der Waals surface area (Å²) in [5, 5.41) is 6.37. The van der Waals surface area contributed by atoms with Crippen LogP contribution in [-0.2, 0) is 4.74 Å². The van der Waals surface area contributed by atoms with E-state index < -0.39 is 0 Å². The minimum absolute atomic E-state index is 0.158. The van der Waals surface area contributed by atoms with E-state index in [1.165, 1.54) is 0 Å². The molecule has 7 nitrogen and oxygen atoms in total. The van der Waals surface area contributed by atoms with Gasteiger partial charge in [-0.2, -0.15) is 9.97 Å². The van der Waals surface area contributed by atoms with E-state index in [1.54, 1.807) is 13.4 Å². The molecule has 2 aromatic rings. The van der Waals surface area contributed by atoms with E-state index in [0.29, 0.717) is 18.2 Å². The minimum Gasteiger partial charge on any atom is -0.383 e. The van der Waals surface area contributed by atoms with Crippen LogP contribution < -0.4 is 10.6 Å². The summed E-state index contributed by atoms with van der Waals surface area (Å²) >= 11 is 0. The standard InChI is InChI=1S/C11H18N6O/c1-4-12-11-16-9-8(13-6-14-9)10(17-11)15-7(2)5-18-3/h6-7H,4-5H2,1-3H3,(H3,12,13,14,15,16,17). The Kier molecular flexibility index (Phi) is 3.93. The summed E-state index contributed by atoms with van der Waals surface area (Å²) in [6.07, 6.45) is 1.61. The van der Waals surface area contributed by atoms with Gasteiger partial charge in [-0.05, 0) is 13.8 Å². The molecule has 0 aromatic carbocycles. The van der Waals surface area contributed by atoms with Crippen molar-refractivity contribution in [1.82, 2.24) is 19.9 Å². The third-order valence-corrected chi connectivity index (χ3v) is 2.42. The van der Waals surface area contributed by atoms with E-state index in [-0.39, 0.29) is 6.04 Å². The Hall–Kier alpha value is -1.89. The molecular formula is C11H18N6O. The SMILES string of the molecule is CCNc1nc(NC(C)COC)c2[nH]cnc2n1. The number of ether oxygens (including phenoxy) is 1. The van der Waals surface area contributed by atoms with Gasteiger partial charge in [0, 0.05) is 19.7 Å². The molecular weight excluding hydrogens is 232 g/mol. The molecule has 0 radical (unpaired) electrons. The van der Waals surface area contributed by atoms with Crippen molar-refractivity contribution in [3.05, 3.63) is 6.33 Å². The van der Waals surface area contributed by atoms with Crippen molar-refractivity contribution in [3.63, 3.8) is 0 Å². The highest BCUT2D eigenvalue weighted by atomic mass is 16.5. The molecule has 0 aliphatic heterocycles. The lowest BCUT2D eigenvalue weighted by Gasteiger charge is -2.14. The second-order valence-electron chi connectivity index (χ2n) is 4.03. The number of aromatic nitrogens is 4. The number of aromatic amines is 1. The van der Waals surface area contributed by atoms with Crippen LogP contribution >= 0.6 is 0 Å². The van der Waals surface area contributed by atoms with Gasteiger partial charge in [-0.1, -0.05) is 0 Å². The van der Waals surface area contributed by atoms with Crippen LogP contribution in [0.2, 0.25) is 0 Å². The predicted molar refractivity (Wildman–Crippen MR) is 70.8 cm³/mol. The first-order valence-corrected chi connectivity index (χ1v) is 5.95. The summed E-state index contributed by atoms with van der Waals surface area (Å²) in [6, 6.07) is 0.158. The lowest BCUT2D eigenvalue weighted by molar-refractivity contribution is 0.190. The van der Waals surface area contributed by atoms with Crippen LogP contribution in [0.5, 0.6) is 0 Å². The monoisotopic (exact) mass is 250 g/mol. The second-order valence-corrected chi connectivity index (χ2v) is 4.03. The number of hydrogen-bond donors (Lipinski definition) is 3. The van der Waals surface area contributed by atoms with Crippen LogP contribution in [0.3, 0.4) is 0 Å². The summed E-state index contributed by atoms with van der Waals surface area (Å²) in [7, 11) is 1.67. The van der Waals surface area contributed by atoms with E-state index in [2.05, 4.69) is 30.6 Å². The van der Waals surface area contributed by atoms with Gasteiger partial charge in [0.25, 0.3) is 0 Å². The summed E-state index contributed by atoms with van der Waals surface area (Å²) in [5.74, 6) is 1.31. The fourth-order valence-electron chi connectivity index (χ4n) is 1.70. The average Bonchev–Trinajstić information content (AvgIpc) is 2.78. The van der Waals surface area contributed by atoms with Crippen molar-refractivity contribution in [3.8, 4) is 0 Å². The highest BCUT2D eigenvalue weighted by Gasteiger charge is 2.11. The number of fused-ring (bicyclic) bond motifs is 1. The number of anilines is 2. The third kappa shape index (κ3) is 2.67. The first-order chi connectivity index (χ1) is 8.74. The molecule has 0 bridgehead atoms. The van der Waals surface area contributed by atoms with Gasteiger partial charge < -0.3 is 20.4 Å². The van der Waals surface area contributed by atoms with E-state index in [1.807, 2.05) is 13.8 Å². The van der Waals surface area contributed by atoms with Gasteiger partial charge in [-0.15, -0.1) is 0 Å². The molecule has 2 rings (SSSR count). The molecule has 2 heterocycles. The number of imidazole rings is 1. The summed E-state index contributed by atoms with van der Waals surface area (Å²) in [6.45, 7) is 5.40. The zero-order valence-corrected chi connectivity index (χ0v) is 10.8. The average molecular weight is 250 g/mol. The molecule has 0 aliphatic rings. The van der Waals surface area contributed by atoms with Gasteiger partial charge in [0.1, 0.15) is 5.52 Å². The van der Waals surface area contributed by atoms with Gasteiger partial charge in [-0.3, -0.25) is 0 Å². The van der Waals surface area contributed by atoms with E-state index in [4.69, 9.17) is 4.74 Å². The van der Waals surface area contributed by atoms with E-state index in [0.717, 1.165) is 17.9 Å². The van der Waals surface area contributed by atoms with Crippen LogP contribution in [0, 0.1) is 0 Å². The number of methoxy groups -OCH3 is 1. The Morgan fingerprint density at radius 2 is 2.28 bits per heavy atom. The molecule has 1 atom stereocenters. The molecule has 0 aliphatic carbocycles. The largest absolute Gasteiger partial charge is 0.383 e. The van der Waals surface area contributed by atoms with Crippen molar-refractivity contribution < 1.29 is 4.74 Å². The van der Waals surface area contributed by atoms with Crippen molar-refractivity contribution in [2.45, 2.75) is 19.9 Å². The van der Waals surface area contributed by atoms with Gasteiger partial charge in [-0.25, -0.2) is 4.98 Å². The molecule has 3 N–H and O–H groups in total. The summed E-state index contributed by atoms with van der Waals surface area (Å²) in [5.41, 5.74) is 1.45. The fourth-order valence-corrected chi connectivity index (χ4v) is 1.70. The lowest BCUT2D eigenvalue weighted by Crippen LogP contribution is -2.22. The topological polar surface area (TPSA) is 87.8 Å². The highest BCUT2D eigenvalue weighted by molar-refractivity contribution is 5.83. The van der Waals surface area contributed by atoms with E-state index >= 15 is 0 Å². The lowest BCUT2D eigenvalue weighted by atomic mass is 10.3. The maximum Gasteiger partial charge on any atom is 0.226 e. The molecule has 0 amide bonds. The Labute approximate surface area is 105 Å². The minimum atomic E-state index is 0.158. The van der Waals surface area contributed by atoms with Crippen LogP contribution in [-0.4, -0.2) is 46.2 Å². The molecule has 0 saturated carbocycles. The number of rotatable bonds is 6. The first kappa shape index (κ1) is 12.6. The maximum atomic E-state index is 5.10. The normalized spacial score (nSPS) is 12.6. The zero-order valence-electron chi connectivity index (χ0n) is 10.8. The molecule has 18 heavy (non-hydrogen) atoms. The molecule has 0 spiro atoms. The Morgan fingerprint density at radius 3 is 3.00 bits per heavy atom. The first-order valence-electron chi connectivity index (χ1n) is 5.95. The Morgan fingerprint density at radius 1 is 1.44 bits per heavy atom. The quantitative estimate of drug-likeness (QED) is 0.714. The summed E-state index contributed by atoms with van der Waals surface area (Å²) in [4.78, 5) is 15.9. The van der Waals surface area contributed by atoms with Crippen LogP contribution in [0.4, 0.5) is 11.8 Å². The molecule has 98 valence electrons. The van der Waals surface area contributed by atoms with Gasteiger partial charge in [0.05, 0.1) is 12.9 Å². The molecule has 7 heteroatoms. The second kappa shape index (κ2) is 5.63. The number of nitrogens with zero attached hydrogens (tertiary/aromatic N) is 3. The van der Waals surface area contributed by atoms with Gasteiger partial charge in [0.15, 0.2) is 11.5 Å². The number of nitrogens with one attached hydrogen (secondary N) is 3. The van der Waals surface area contributed by atoms with Gasteiger partial charge >= 0.3 is 0 Å². The smallest absolute Gasteiger partial charge is 0.226 e. The summed E-state index contributed by atoms with van der Waals surface area (Å²) < 4.78 is 5.10. The number of H-pyrrole nitrogens is 1. The van der Waals surface area contributed by atoms with Crippen LogP contribution in [0.25, 0.3) is 11.2 Å². The number of hydrogen-bond acceptors (Lipinski definition) is 6. The zero-order chi connectivity index (χ0) is 13.0.